The summed E-state index contributed by atoms with van der Waals surface area (Å²) in [5, 5.41) is 14.2. The second kappa shape index (κ2) is 43.6. The van der Waals surface area contributed by atoms with Gasteiger partial charge in [-0.3, -0.25) is 67.2 Å². The second-order valence-corrected chi connectivity index (χ2v) is 24.5. The van der Waals surface area contributed by atoms with E-state index in [-0.39, 0.29) is 168 Å². The summed E-state index contributed by atoms with van der Waals surface area (Å²) in [4.78, 5) is 167. The number of rotatable bonds is 50. The monoisotopic (exact) mass is 1280 g/mol. The van der Waals surface area contributed by atoms with Gasteiger partial charge in [-0.1, -0.05) is 26.0 Å². The number of unbranched alkanes of at least 4 members (excludes halogenated alkanes) is 4. The van der Waals surface area contributed by atoms with Crippen LogP contribution in [0.15, 0.2) is 42.5 Å². The number of benzene rings is 1. The van der Waals surface area contributed by atoms with Gasteiger partial charge in [-0.05, 0) is 152 Å². The van der Waals surface area contributed by atoms with Gasteiger partial charge in [-0.25, -0.2) is 0 Å². The molecule has 5 N–H and O–H groups in total. The molecule has 1 aromatic carbocycles. The number of carbonyl (C=O) groups excluding carboxylic acids is 13. The maximum atomic E-state index is 13.7. The molecule has 7 amide bonds. The number of esters is 1. The van der Waals surface area contributed by atoms with Crippen molar-refractivity contribution in [3.63, 3.8) is 0 Å². The lowest BCUT2D eigenvalue weighted by Crippen LogP contribution is -2.41. The van der Waals surface area contributed by atoms with Crippen molar-refractivity contribution >= 4 is 81.9 Å². The molecule has 0 spiro atoms. The first-order valence-corrected chi connectivity index (χ1v) is 32.2. The molecule has 0 bridgehead atoms. The predicted molar refractivity (Wildman–Crippen MR) is 338 cm³/mol. The lowest BCUT2D eigenvalue weighted by molar-refractivity contribution is -0.160. The van der Waals surface area contributed by atoms with Crippen LogP contribution in [0.1, 0.15) is 174 Å². The fraction of sp³-hybridized carbons (Fsp3) is 0.657. The Balaban J connectivity index is 1.65. The number of hydrogen-bond acceptors (Lipinski definition) is 18. The van der Waals surface area contributed by atoms with E-state index >= 15 is 0 Å². The zero-order valence-electron chi connectivity index (χ0n) is 54.6. The van der Waals surface area contributed by atoms with E-state index in [4.69, 9.17) is 23.7 Å². The van der Waals surface area contributed by atoms with Crippen molar-refractivity contribution < 1.29 is 86.0 Å². The van der Waals surface area contributed by atoms with Crippen LogP contribution < -0.4 is 26.6 Å². The molecule has 0 saturated carbocycles. The van der Waals surface area contributed by atoms with E-state index in [0.29, 0.717) is 108 Å². The summed E-state index contributed by atoms with van der Waals surface area (Å²) in [5.41, 5.74) is 1.24. The van der Waals surface area contributed by atoms with Crippen molar-refractivity contribution in [1.82, 2.24) is 26.2 Å². The summed E-state index contributed by atoms with van der Waals surface area (Å²) in [6, 6.07) is 3.82. The van der Waals surface area contributed by atoms with E-state index in [9.17, 15) is 62.3 Å². The van der Waals surface area contributed by atoms with Crippen molar-refractivity contribution in [3.05, 3.63) is 53.6 Å². The van der Waals surface area contributed by atoms with Gasteiger partial charge in [0.05, 0.1) is 50.3 Å². The highest BCUT2D eigenvalue weighted by Gasteiger charge is 2.29. The molecule has 24 heteroatoms. The van der Waals surface area contributed by atoms with Crippen LogP contribution in [0.5, 0.6) is 0 Å². The Hall–Kier alpha value is -7.15. The molecule has 91 heavy (non-hydrogen) atoms. The minimum Gasteiger partial charge on any atom is -0.460 e. The number of amides is 7. The summed E-state index contributed by atoms with van der Waals surface area (Å²) in [5.74, 6) is -5.30. The number of nitrogens with zero attached hydrogens (tertiary/aromatic N) is 1. The quantitative estimate of drug-likeness (QED) is 0.0229. The summed E-state index contributed by atoms with van der Waals surface area (Å²) in [6.07, 6.45) is 10.7. The standard InChI is InChI=1S/C67H100N6O18/c1-46(40-47(2)66(86)91-67(3,4)5)41-48-27-28-49(43-50(74)18-8-9-22-57(77)52(20-12-14-33-68-62(82)44-89-38-36-87-6)70-60(80)25-16-19-51-55(75)29-30-56(51)76)54(42-48)72-59(79)24-11-10-23-58(78)53(21-13-15-34-69-63(83)45-90-39-37-88-7)71-61(81)26-17-35-73-64(84)31-32-65(73)85/h27-32,42,46-47,51-53H,8-26,33-41,43-45H2,1-7H3,(H,68,82)(H,69,83)(H,70,80)(H,71,81)(H,72,79)/t46-,47?,52+,53+/m1/s1. The number of carbonyl (C=O) groups is 13. The van der Waals surface area contributed by atoms with Gasteiger partial charge in [0.25, 0.3) is 11.8 Å². The molecule has 0 fully saturated rings. The normalized spacial score (nSPS) is 14.5. The second-order valence-electron chi connectivity index (χ2n) is 24.5. The third-order valence-corrected chi connectivity index (χ3v) is 15.1. The van der Waals surface area contributed by atoms with Gasteiger partial charge in [0.15, 0.2) is 23.1 Å². The van der Waals surface area contributed by atoms with E-state index in [2.05, 4.69) is 26.6 Å². The molecule has 2 aliphatic rings. The van der Waals surface area contributed by atoms with Crippen molar-refractivity contribution in [2.24, 2.45) is 17.8 Å². The van der Waals surface area contributed by atoms with Gasteiger partial charge in [-0.15, -0.1) is 0 Å². The summed E-state index contributed by atoms with van der Waals surface area (Å²) >= 11 is 0. The largest absolute Gasteiger partial charge is 0.460 e. The van der Waals surface area contributed by atoms with Crippen molar-refractivity contribution in [2.75, 3.05) is 78.8 Å². The smallest absolute Gasteiger partial charge is 0.309 e. The SMILES string of the molecule is COCCOCC(=O)NCCCC[C@H](NC(=O)CCCC1C(=O)C=CC1=O)C(=O)CCCCC(=O)Cc1ccc(C[C@H](C)CC(C)C(=O)OC(C)(C)C)cc1NC(=O)CCCCC(=O)[C@H](CCCCNC(=O)COCCOC)NC(=O)CCCN1C(=O)C=CC1=O. The van der Waals surface area contributed by atoms with Gasteiger partial charge in [0.1, 0.15) is 24.6 Å². The first kappa shape index (κ1) is 78.1. The van der Waals surface area contributed by atoms with Crippen LogP contribution in [0.3, 0.4) is 0 Å². The van der Waals surface area contributed by atoms with E-state index in [1.54, 1.807) is 6.07 Å². The van der Waals surface area contributed by atoms with Gasteiger partial charge in [-0.2, -0.15) is 0 Å². The zero-order valence-corrected chi connectivity index (χ0v) is 54.6. The van der Waals surface area contributed by atoms with E-state index in [1.807, 2.05) is 46.8 Å². The van der Waals surface area contributed by atoms with Gasteiger partial charge >= 0.3 is 5.97 Å². The van der Waals surface area contributed by atoms with Crippen molar-refractivity contribution in [1.29, 1.82) is 0 Å². The third kappa shape index (κ3) is 33.7. The highest BCUT2D eigenvalue weighted by molar-refractivity contribution is 6.18. The van der Waals surface area contributed by atoms with Crippen LogP contribution in [0, 0.1) is 17.8 Å². The van der Waals surface area contributed by atoms with Gasteiger partial charge < -0.3 is 50.3 Å². The number of Topliss-reactive ketones (excluding diaryl/α,β-unsaturated/α-hetero) is 3. The maximum Gasteiger partial charge on any atom is 0.309 e. The Morgan fingerprint density at radius 3 is 1.60 bits per heavy atom. The number of ketones is 5. The van der Waals surface area contributed by atoms with Crippen LogP contribution >= 0.6 is 0 Å². The minimum atomic E-state index is -0.861. The lowest BCUT2D eigenvalue weighted by atomic mass is 9.90. The van der Waals surface area contributed by atoms with Crippen LogP contribution in [0.4, 0.5) is 5.69 Å². The summed E-state index contributed by atoms with van der Waals surface area (Å²) in [7, 11) is 3.05. The Kier molecular flexibility index (Phi) is 37.4. The number of methoxy groups -OCH3 is 2. The summed E-state index contributed by atoms with van der Waals surface area (Å²) in [6.45, 7) is 11.0. The average Bonchev–Trinajstić information content (AvgIpc) is 1.44. The molecule has 24 nitrogen and oxygen atoms in total. The zero-order chi connectivity index (χ0) is 67.1. The average molecular weight is 1280 g/mol. The van der Waals surface area contributed by atoms with E-state index in [0.717, 1.165) is 10.5 Å². The van der Waals surface area contributed by atoms with Crippen LogP contribution in [-0.4, -0.2) is 172 Å². The topological polar surface area (TPSA) is 331 Å². The highest BCUT2D eigenvalue weighted by atomic mass is 16.6. The molecule has 3 rings (SSSR count). The fourth-order valence-electron chi connectivity index (χ4n) is 10.3. The number of nitrogens with one attached hydrogen (secondary N) is 5. The van der Waals surface area contributed by atoms with Gasteiger partial charge in [0.2, 0.25) is 29.5 Å². The molecule has 506 valence electrons. The first-order valence-electron chi connectivity index (χ1n) is 32.2. The predicted octanol–water partition coefficient (Wildman–Crippen LogP) is 5.61. The molecule has 1 aliphatic heterocycles. The molecule has 1 aliphatic carbocycles. The number of ether oxygens (including phenoxy) is 5. The molecule has 4 atom stereocenters. The van der Waals surface area contributed by atoms with Crippen LogP contribution in [-0.2, 0) is 98.9 Å². The Labute approximate surface area is 535 Å². The number of allylic oxidation sites excluding steroid dienone is 2. The molecule has 0 aromatic heterocycles. The van der Waals surface area contributed by atoms with Gasteiger partial charge in [0, 0.05) is 96.6 Å². The van der Waals surface area contributed by atoms with Crippen molar-refractivity contribution in [3.8, 4) is 0 Å². The molecule has 0 saturated heterocycles. The molecular weight excluding hydrogens is 1180 g/mol. The highest BCUT2D eigenvalue weighted by Crippen LogP contribution is 2.26. The summed E-state index contributed by atoms with van der Waals surface area (Å²) < 4.78 is 26.0. The third-order valence-electron chi connectivity index (χ3n) is 15.1. The first-order chi connectivity index (χ1) is 43.4. The van der Waals surface area contributed by atoms with E-state index in [1.165, 1.54) is 38.5 Å². The molecule has 1 heterocycles. The Morgan fingerprint density at radius 2 is 1.08 bits per heavy atom. The number of imide groups is 1. The van der Waals surface area contributed by atoms with Crippen LogP contribution in [0.2, 0.25) is 0 Å². The molecule has 1 unspecified atom stereocenters. The molecule has 0 radical (unpaired) electrons. The minimum absolute atomic E-state index is 0.00641. The van der Waals surface area contributed by atoms with Crippen LogP contribution in [0.25, 0.3) is 0 Å². The molecular formula is C67H100N6O18. The Morgan fingerprint density at radius 1 is 0.571 bits per heavy atom. The van der Waals surface area contributed by atoms with Crippen molar-refractivity contribution in [2.45, 2.75) is 194 Å². The fourth-order valence-corrected chi connectivity index (χ4v) is 10.3. The molecule has 1 aromatic rings. The van der Waals surface area contributed by atoms with E-state index < -0.39 is 47.2 Å². The number of anilines is 1. The Bertz CT molecular complexity index is 2630. The lowest BCUT2D eigenvalue weighted by Gasteiger charge is -2.24. The number of hydrogen-bond donors (Lipinski definition) is 5. The maximum absolute atomic E-state index is 13.7.